The summed E-state index contributed by atoms with van der Waals surface area (Å²) in [6.07, 6.45) is 0.0153. The number of carboxylic acid groups (broad SMARTS) is 1. The lowest BCUT2D eigenvalue weighted by Gasteiger charge is -2.15. The van der Waals surface area contributed by atoms with Gasteiger partial charge in [0, 0.05) is 14.1 Å². The normalized spacial score (nSPS) is 13.0. The molecule has 0 radical (unpaired) electrons. The lowest BCUT2D eigenvalue weighted by Crippen LogP contribution is -2.42. The minimum absolute atomic E-state index is 0.0153. The highest BCUT2D eigenvalue weighted by molar-refractivity contribution is 7.89. The van der Waals surface area contributed by atoms with Crippen molar-refractivity contribution >= 4 is 27.0 Å². The summed E-state index contributed by atoms with van der Waals surface area (Å²) in [4.78, 5) is 23.5. The van der Waals surface area contributed by atoms with Gasteiger partial charge >= 0.3 is 11.7 Å². The van der Waals surface area contributed by atoms with Gasteiger partial charge in [0.05, 0.1) is 15.9 Å². The minimum Gasteiger partial charge on any atom is -0.480 e. The molecule has 1 heterocycles. The number of aromatic nitrogens is 2. The maximum atomic E-state index is 12.7. The van der Waals surface area contributed by atoms with Gasteiger partial charge in [-0.3, -0.25) is 13.9 Å². The van der Waals surface area contributed by atoms with Gasteiger partial charge in [0.25, 0.3) is 0 Å². The number of aryl methyl sites for hydroxylation is 2. The van der Waals surface area contributed by atoms with Crippen LogP contribution in [0.1, 0.15) is 5.56 Å². The van der Waals surface area contributed by atoms with E-state index in [4.69, 9.17) is 0 Å². The Balaban J connectivity index is 1.95. The third-order valence-corrected chi connectivity index (χ3v) is 5.90. The van der Waals surface area contributed by atoms with Crippen LogP contribution in [0, 0.1) is 0 Å². The van der Waals surface area contributed by atoms with Gasteiger partial charge in [-0.2, -0.15) is 4.72 Å². The van der Waals surface area contributed by atoms with Crippen molar-refractivity contribution < 1.29 is 18.3 Å². The van der Waals surface area contributed by atoms with Crippen LogP contribution in [0.2, 0.25) is 0 Å². The zero-order valence-corrected chi connectivity index (χ0v) is 15.6. The molecule has 0 aliphatic carbocycles. The Labute approximate surface area is 155 Å². The first-order valence-corrected chi connectivity index (χ1v) is 9.63. The third kappa shape index (κ3) is 3.64. The van der Waals surface area contributed by atoms with Crippen LogP contribution in [0.5, 0.6) is 0 Å². The van der Waals surface area contributed by atoms with Crippen LogP contribution in [-0.2, 0) is 35.3 Å². The summed E-state index contributed by atoms with van der Waals surface area (Å²) < 4.78 is 30.4. The van der Waals surface area contributed by atoms with E-state index in [0.717, 1.165) is 0 Å². The Hall–Kier alpha value is -2.91. The number of nitrogens with zero attached hydrogens (tertiary/aromatic N) is 2. The molecule has 1 atom stereocenters. The Morgan fingerprint density at radius 3 is 2.33 bits per heavy atom. The predicted octanol–water partition coefficient (Wildman–Crippen LogP) is 0.851. The topological polar surface area (TPSA) is 110 Å². The van der Waals surface area contributed by atoms with Crippen molar-refractivity contribution in [3.05, 3.63) is 64.6 Å². The molecule has 27 heavy (non-hydrogen) atoms. The molecule has 2 N–H and O–H groups in total. The first kappa shape index (κ1) is 18.9. The number of hydrogen-bond acceptors (Lipinski definition) is 4. The van der Waals surface area contributed by atoms with Crippen molar-refractivity contribution in [3.63, 3.8) is 0 Å². The smallest absolute Gasteiger partial charge is 0.328 e. The number of fused-ring (bicyclic) bond motifs is 1. The number of imidazole rings is 1. The molecule has 0 fully saturated rings. The van der Waals surface area contributed by atoms with Crippen molar-refractivity contribution in [3.8, 4) is 0 Å². The van der Waals surface area contributed by atoms with E-state index in [1.807, 2.05) is 0 Å². The molecule has 142 valence electrons. The molecule has 0 aliphatic rings. The zero-order valence-electron chi connectivity index (χ0n) is 14.8. The molecule has 0 aliphatic heterocycles. The maximum Gasteiger partial charge on any atom is 0.328 e. The summed E-state index contributed by atoms with van der Waals surface area (Å²) in [6.45, 7) is 0. The van der Waals surface area contributed by atoms with Crippen LogP contribution >= 0.6 is 0 Å². The van der Waals surface area contributed by atoms with Crippen molar-refractivity contribution in [2.24, 2.45) is 14.1 Å². The summed E-state index contributed by atoms with van der Waals surface area (Å²) in [5.74, 6) is -1.27. The van der Waals surface area contributed by atoms with Gasteiger partial charge in [0.2, 0.25) is 10.0 Å². The van der Waals surface area contributed by atoms with E-state index in [2.05, 4.69) is 4.72 Å². The predicted molar refractivity (Wildman–Crippen MR) is 100 cm³/mol. The van der Waals surface area contributed by atoms with Crippen molar-refractivity contribution in [2.45, 2.75) is 17.4 Å². The molecule has 3 aromatic rings. The van der Waals surface area contributed by atoms with Crippen molar-refractivity contribution in [1.29, 1.82) is 0 Å². The summed E-state index contributed by atoms with van der Waals surface area (Å²) in [6, 6.07) is 11.7. The Kier molecular flexibility index (Phi) is 4.90. The van der Waals surface area contributed by atoms with E-state index in [-0.39, 0.29) is 17.0 Å². The number of sulfonamides is 1. The number of carboxylic acids is 1. The third-order valence-electron chi connectivity index (χ3n) is 4.43. The van der Waals surface area contributed by atoms with Gasteiger partial charge < -0.3 is 5.11 Å². The van der Waals surface area contributed by atoms with Gasteiger partial charge in [-0.15, -0.1) is 0 Å². The average Bonchev–Trinajstić information content (AvgIpc) is 2.86. The standard InChI is InChI=1S/C18H19N3O5S/c1-20-15-9-8-13(11-16(15)21(2)18(20)24)27(25,26)19-14(17(22)23)10-12-6-4-3-5-7-12/h3-9,11,14,19H,10H2,1-2H3,(H,22,23). The van der Waals surface area contributed by atoms with Gasteiger partial charge in [-0.05, 0) is 30.2 Å². The molecule has 0 amide bonds. The van der Waals surface area contributed by atoms with Crippen molar-refractivity contribution in [2.75, 3.05) is 0 Å². The lowest BCUT2D eigenvalue weighted by molar-refractivity contribution is -0.138. The Morgan fingerprint density at radius 2 is 1.70 bits per heavy atom. The average molecular weight is 389 g/mol. The summed E-state index contributed by atoms with van der Waals surface area (Å²) in [7, 11) is -0.952. The minimum atomic E-state index is -4.09. The molecule has 0 saturated heterocycles. The molecule has 8 nitrogen and oxygen atoms in total. The Bertz CT molecular complexity index is 1160. The molecule has 1 unspecified atom stereocenters. The number of rotatable bonds is 6. The van der Waals surface area contributed by atoms with Crippen LogP contribution in [0.3, 0.4) is 0 Å². The Morgan fingerprint density at radius 1 is 1.07 bits per heavy atom. The summed E-state index contributed by atoms with van der Waals surface area (Å²) in [5, 5.41) is 9.42. The zero-order chi connectivity index (χ0) is 19.8. The number of hydrogen-bond donors (Lipinski definition) is 2. The van der Waals surface area contributed by atoms with Crippen molar-refractivity contribution in [1.82, 2.24) is 13.9 Å². The second-order valence-corrected chi connectivity index (χ2v) is 7.97. The van der Waals surface area contributed by atoms with Crippen LogP contribution in [0.15, 0.2) is 58.2 Å². The number of aliphatic carboxylic acids is 1. The molecule has 2 aromatic carbocycles. The van der Waals surface area contributed by atoms with Gasteiger partial charge in [0.15, 0.2) is 0 Å². The van der Waals surface area contributed by atoms with Crippen LogP contribution in [-0.4, -0.2) is 34.7 Å². The van der Waals surface area contributed by atoms with Crippen LogP contribution in [0.25, 0.3) is 11.0 Å². The molecular weight excluding hydrogens is 370 g/mol. The second-order valence-electron chi connectivity index (χ2n) is 6.25. The number of carbonyl (C=O) groups is 1. The lowest BCUT2D eigenvalue weighted by atomic mass is 10.1. The molecule has 1 aromatic heterocycles. The molecular formula is C18H19N3O5S. The van der Waals surface area contributed by atoms with E-state index < -0.39 is 22.0 Å². The quantitative estimate of drug-likeness (QED) is 0.649. The second kappa shape index (κ2) is 7.01. The molecule has 0 saturated carbocycles. The van der Waals surface area contributed by atoms with Gasteiger partial charge in [0.1, 0.15) is 6.04 Å². The van der Waals surface area contributed by atoms with E-state index in [0.29, 0.717) is 16.6 Å². The maximum absolute atomic E-state index is 12.7. The SMILES string of the molecule is Cn1c(=O)n(C)c2cc(S(=O)(=O)NC(Cc3ccccc3)C(=O)O)ccc21. The number of nitrogens with one attached hydrogen (secondary N) is 1. The largest absolute Gasteiger partial charge is 0.480 e. The van der Waals surface area contributed by atoms with E-state index >= 15 is 0 Å². The molecule has 0 bridgehead atoms. The highest BCUT2D eigenvalue weighted by Crippen LogP contribution is 2.18. The highest BCUT2D eigenvalue weighted by Gasteiger charge is 2.26. The van der Waals surface area contributed by atoms with Crippen LogP contribution in [0.4, 0.5) is 0 Å². The fraction of sp³-hybridized carbons (Fsp3) is 0.222. The monoisotopic (exact) mass is 389 g/mol. The fourth-order valence-electron chi connectivity index (χ4n) is 2.94. The summed E-state index contributed by atoms with van der Waals surface area (Å²) in [5.41, 5.74) is 1.45. The fourth-order valence-corrected chi connectivity index (χ4v) is 4.15. The van der Waals surface area contributed by atoms with Gasteiger partial charge in [-0.25, -0.2) is 13.2 Å². The number of benzene rings is 2. The summed E-state index contributed by atoms with van der Waals surface area (Å²) >= 11 is 0. The molecule has 0 spiro atoms. The van der Waals surface area contributed by atoms with Gasteiger partial charge in [-0.1, -0.05) is 30.3 Å². The van der Waals surface area contributed by atoms with E-state index in [9.17, 15) is 23.1 Å². The first-order valence-electron chi connectivity index (χ1n) is 8.15. The van der Waals surface area contributed by atoms with E-state index in [1.54, 1.807) is 44.4 Å². The molecule has 9 heteroatoms. The highest BCUT2D eigenvalue weighted by atomic mass is 32.2. The first-order chi connectivity index (χ1) is 12.7. The van der Waals surface area contributed by atoms with Crippen LogP contribution < -0.4 is 10.4 Å². The van der Waals surface area contributed by atoms with E-state index in [1.165, 1.54) is 27.3 Å². The molecule has 3 rings (SSSR count).